The average Bonchev–Trinajstić information content (AvgIpc) is 2.07. The van der Waals surface area contributed by atoms with Gasteiger partial charge < -0.3 is 10.8 Å². The van der Waals surface area contributed by atoms with Gasteiger partial charge in [0.15, 0.2) is 0 Å². The molecular formula is C10H14BrNO. The Bertz CT molecular complexity index is 301. The number of aromatic hydroxyl groups is 1. The topological polar surface area (TPSA) is 46.2 Å². The first-order valence-electron chi connectivity index (χ1n) is 4.35. The second-order valence-corrected chi connectivity index (χ2v) is 3.34. The summed E-state index contributed by atoms with van der Waals surface area (Å²) in [5, 5.41) is 9.52. The fourth-order valence-corrected chi connectivity index (χ4v) is 1.87. The van der Waals surface area contributed by atoms with E-state index in [1.807, 2.05) is 12.1 Å². The summed E-state index contributed by atoms with van der Waals surface area (Å²) >= 11 is 0. The minimum Gasteiger partial charge on any atom is -0.508 e. The molecule has 13 heavy (non-hydrogen) atoms. The first kappa shape index (κ1) is 10.5. The van der Waals surface area contributed by atoms with Crippen molar-refractivity contribution in [2.45, 2.75) is 25.3 Å². The monoisotopic (exact) mass is 243 g/mol. The number of halogens is 1. The third kappa shape index (κ3) is 1.86. The van der Waals surface area contributed by atoms with Crippen LogP contribution in [0.15, 0.2) is 18.2 Å². The zero-order valence-corrected chi connectivity index (χ0v) is 9.08. The van der Waals surface area contributed by atoms with Gasteiger partial charge in [0.2, 0.25) is 0 Å². The Morgan fingerprint density at radius 2 is 2.15 bits per heavy atom. The van der Waals surface area contributed by atoms with E-state index in [1.165, 1.54) is 0 Å². The largest absolute Gasteiger partial charge is 0.508 e. The van der Waals surface area contributed by atoms with Gasteiger partial charge in [0.25, 0.3) is 0 Å². The van der Waals surface area contributed by atoms with Crippen LogP contribution in [0.25, 0.3) is 0 Å². The van der Waals surface area contributed by atoms with Crippen LogP contribution in [0.5, 0.6) is 5.75 Å². The second kappa shape index (κ2) is 4.11. The molecule has 1 atom stereocenters. The van der Waals surface area contributed by atoms with E-state index in [0.717, 1.165) is 30.4 Å². The van der Waals surface area contributed by atoms with E-state index in [9.17, 15) is 5.11 Å². The van der Waals surface area contributed by atoms with Gasteiger partial charge in [-0.25, -0.2) is 0 Å². The molecule has 1 aliphatic carbocycles. The van der Waals surface area contributed by atoms with Gasteiger partial charge in [-0.1, -0.05) is 12.1 Å². The Morgan fingerprint density at radius 3 is 2.85 bits per heavy atom. The number of fused-ring (bicyclic) bond motifs is 1. The van der Waals surface area contributed by atoms with Gasteiger partial charge in [0.05, 0.1) is 0 Å². The van der Waals surface area contributed by atoms with Crippen LogP contribution >= 0.6 is 17.0 Å². The Hall–Kier alpha value is -0.540. The first-order valence-corrected chi connectivity index (χ1v) is 4.35. The molecule has 3 heteroatoms. The molecule has 0 heterocycles. The SMILES string of the molecule is Br.NC1CCCc2c(O)cccc21. The summed E-state index contributed by atoms with van der Waals surface area (Å²) < 4.78 is 0. The third-order valence-electron chi connectivity index (χ3n) is 2.53. The van der Waals surface area contributed by atoms with E-state index < -0.39 is 0 Å². The molecule has 1 aromatic rings. The van der Waals surface area contributed by atoms with Crippen LogP contribution in [-0.2, 0) is 6.42 Å². The van der Waals surface area contributed by atoms with E-state index in [1.54, 1.807) is 6.07 Å². The molecule has 2 rings (SSSR count). The fourth-order valence-electron chi connectivity index (χ4n) is 1.87. The number of phenolic OH excluding ortho intramolecular Hbond substituents is 1. The quantitative estimate of drug-likeness (QED) is 0.735. The molecule has 0 saturated carbocycles. The lowest BCUT2D eigenvalue weighted by Gasteiger charge is -2.22. The van der Waals surface area contributed by atoms with Gasteiger partial charge in [-0.05, 0) is 36.5 Å². The molecule has 2 nitrogen and oxygen atoms in total. The lowest BCUT2D eigenvalue weighted by atomic mass is 9.88. The van der Waals surface area contributed by atoms with E-state index in [0.29, 0.717) is 5.75 Å². The van der Waals surface area contributed by atoms with E-state index in [4.69, 9.17) is 5.73 Å². The summed E-state index contributed by atoms with van der Waals surface area (Å²) in [5.41, 5.74) is 8.08. The molecule has 3 N–H and O–H groups in total. The molecule has 0 bridgehead atoms. The maximum absolute atomic E-state index is 9.52. The van der Waals surface area contributed by atoms with Crippen molar-refractivity contribution in [2.24, 2.45) is 5.73 Å². The van der Waals surface area contributed by atoms with E-state index in [-0.39, 0.29) is 23.0 Å². The predicted octanol–water partition coefficient (Wildman–Crippen LogP) is 2.31. The van der Waals surface area contributed by atoms with Gasteiger partial charge in [0, 0.05) is 6.04 Å². The van der Waals surface area contributed by atoms with E-state index in [2.05, 4.69) is 0 Å². The number of nitrogens with two attached hydrogens (primary N) is 1. The van der Waals surface area contributed by atoms with Crippen molar-refractivity contribution < 1.29 is 5.11 Å². The van der Waals surface area contributed by atoms with Gasteiger partial charge in [-0.2, -0.15) is 0 Å². The minimum absolute atomic E-state index is 0. The Kier molecular flexibility index (Phi) is 3.33. The lowest BCUT2D eigenvalue weighted by Crippen LogP contribution is -2.17. The molecule has 0 fully saturated rings. The number of hydrogen-bond acceptors (Lipinski definition) is 2. The lowest BCUT2D eigenvalue weighted by molar-refractivity contribution is 0.455. The summed E-state index contributed by atoms with van der Waals surface area (Å²) in [6.45, 7) is 0. The molecule has 1 aromatic carbocycles. The van der Waals surface area contributed by atoms with Gasteiger partial charge in [0.1, 0.15) is 5.75 Å². The highest BCUT2D eigenvalue weighted by atomic mass is 79.9. The normalized spacial score (nSPS) is 20.2. The van der Waals surface area contributed by atoms with Crippen LogP contribution in [0.2, 0.25) is 0 Å². The number of benzene rings is 1. The maximum Gasteiger partial charge on any atom is 0.119 e. The highest BCUT2D eigenvalue weighted by Crippen LogP contribution is 2.32. The Morgan fingerprint density at radius 1 is 1.38 bits per heavy atom. The summed E-state index contributed by atoms with van der Waals surface area (Å²) in [4.78, 5) is 0. The highest BCUT2D eigenvalue weighted by Gasteiger charge is 2.18. The predicted molar refractivity (Wildman–Crippen MR) is 58.3 cm³/mol. The molecule has 72 valence electrons. The second-order valence-electron chi connectivity index (χ2n) is 3.34. The van der Waals surface area contributed by atoms with Crippen LogP contribution < -0.4 is 5.73 Å². The zero-order chi connectivity index (χ0) is 8.55. The van der Waals surface area contributed by atoms with Crippen molar-refractivity contribution in [1.29, 1.82) is 0 Å². The average molecular weight is 244 g/mol. The highest BCUT2D eigenvalue weighted by molar-refractivity contribution is 8.93. The number of phenols is 1. The van der Waals surface area contributed by atoms with E-state index >= 15 is 0 Å². The summed E-state index contributed by atoms with van der Waals surface area (Å²) in [5.74, 6) is 0.405. The molecule has 0 radical (unpaired) electrons. The van der Waals surface area contributed by atoms with Gasteiger partial charge >= 0.3 is 0 Å². The smallest absolute Gasteiger partial charge is 0.119 e. The number of rotatable bonds is 0. The molecular weight excluding hydrogens is 230 g/mol. The molecule has 0 spiro atoms. The summed E-state index contributed by atoms with van der Waals surface area (Å²) in [6, 6.07) is 5.73. The fraction of sp³-hybridized carbons (Fsp3) is 0.400. The van der Waals surface area contributed by atoms with Gasteiger partial charge in [-0.3, -0.25) is 0 Å². The van der Waals surface area contributed by atoms with Gasteiger partial charge in [-0.15, -0.1) is 17.0 Å². The van der Waals surface area contributed by atoms with Crippen molar-refractivity contribution >= 4 is 17.0 Å². The molecule has 0 saturated heterocycles. The minimum atomic E-state index is 0. The van der Waals surface area contributed by atoms with Crippen LogP contribution in [0.1, 0.15) is 30.0 Å². The van der Waals surface area contributed by atoms with Crippen molar-refractivity contribution in [1.82, 2.24) is 0 Å². The zero-order valence-electron chi connectivity index (χ0n) is 7.36. The standard InChI is InChI=1S/C10H13NO.BrH/c11-9-5-1-4-8-7(9)3-2-6-10(8)12;/h2-3,6,9,12H,1,4-5,11H2;1H. The Labute approximate surface area is 88.5 Å². The molecule has 1 unspecified atom stereocenters. The number of hydrogen-bond donors (Lipinski definition) is 2. The van der Waals surface area contributed by atoms with Crippen molar-refractivity contribution in [2.75, 3.05) is 0 Å². The van der Waals surface area contributed by atoms with Crippen molar-refractivity contribution in [3.05, 3.63) is 29.3 Å². The summed E-state index contributed by atoms with van der Waals surface area (Å²) in [7, 11) is 0. The van der Waals surface area contributed by atoms with Crippen LogP contribution in [-0.4, -0.2) is 5.11 Å². The van der Waals surface area contributed by atoms with Crippen molar-refractivity contribution in [3.63, 3.8) is 0 Å². The molecule has 0 amide bonds. The van der Waals surface area contributed by atoms with Crippen LogP contribution in [0, 0.1) is 0 Å². The van der Waals surface area contributed by atoms with Crippen molar-refractivity contribution in [3.8, 4) is 5.75 Å². The van der Waals surface area contributed by atoms with Crippen LogP contribution in [0.3, 0.4) is 0 Å². The summed E-state index contributed by atoms with van der Waals surface area (Å²) in [6.07, 6.45) is 3.10. The Balaban J connectivity index is 0.000000845. The molecule has 1 aliphatic rings. The third-order valence-corrected chi connectivity index (χ3v) is 2.53. The first-order chi connectivity index (χ1) is 5.79. The van der Waals surface area contributed by atoms with Crippen LogP contribution in [0.4, 0.5) is 0 Å². The molecule has 0 aromatic heterocycles. The molecule has 0 aliphatic heterocycles. The maximum atomic E-state index is 9.52.